The number of amides is 3. The molecule has 0 aliphatic carbocycles. The van der Waals surface area contributed by atoms with E-state index in [1.54, 1.807) is 43.5 Å². The van der Waals surface area contributed by atoms with Crippen molar-refractivity contribution in [3.8, 4) is 11.5 Å². The van der Waals surface area contributed by atoms with E-state index in [1.807, 2.05) is 0 Å². The summed E-state index contributed by atoms with van der Waals surface area (Å²) < 4.78 is 16.1. The number of benzene rings is 2. The summed E-state index contributed by atoms with van der Waals surface area (Å²) in [5.74, 6) is 0.157. The monoisotopic (exact) mass is 410 g/mol. The smallest absolute Gasteiger partial charge is 0.262 e. The lowest BCUT2D eigenvalue weighted by Crippen LogP contribution is -2.36. The van der Waals surface area contributed by atoms with E-state index in [-0.39, 0.29) is 42.5 Å². The van der Waals surface area contributed by atoms with E-state index in [0.717, 1.165) is 12.8 Å². The molecule has 4 rings (SSSR count). The molecule has 1 fully saturated rings. The molecule has 0 aromatic heterocycles. The Hall–Kier alpha value is -3.39. The number of hydrogen-bond acceptors (Lipinski definition) is 6. The van der Waals surface area contributed by atoms with Gasteiger partial charge in [-0.2, -0.15) is 0 Å². The van der Waals surface area contributed by atoms with Gasteiger partial charge in [-0.25, -0.2) is 0 Å². The Labute approximate surface area is 173 Å². The Bertz CT molecular complexity index is 966. The number of methoxy groups -OCH3 is 1. The Balaban J connectivity index is 1.37. The second-order valence-corrected chi connectivity index (χ2v) is 7.13. The zero-order valence-electron chi connectivity index (χ0n) is 16.6. The summed E-state index contributed by atoms with van der Waals surface area (Å²) in [5.41, 5.74) is 1.05. The van der Waals surface area contributed by atoms with Gasteiger partial charge in [-0.3, -0.25) is 19.3 Å². The number of anilines is 1. The van der Waals surface area contributed by atoms with E-state index in [1.165, 1.54) is 11.0 Å². The van der Waals surface area contributed by atoms with Crippen molar-refractivity contribution in [2.45, 2.75) is 18.9 Å². The molecule has 2 aliphatic heterocycles. The van der Waals surface area contributed by atoms with Crippen LogP contribution in [0.3, 0.4) is 0 Å². The fourth-order valence-electron chi connectivity index (χ4n) is 3.54. The minimum absolute atomic E-state index is 0.110. The van der Waals surface area contributed by atoms with Gasteiger partial charge in [0.05, 0.1) is 30.9 Å². The van der Waals surface area contributed by atoms with E-state index in [9.17, 15) is 14.4 Å². The van der Waals surface area contributed by atoms with Crippen LogP contribution in [0, 0.1) is 0 Å². The van der Waals surface area contributed by atoms with Crippen molar-refractivity contribution in [1.82, 2.24) is 4.90 Å². The van der Waals surface area contributed by atoms with E-state index in [2.05, 4.69) is 5.32 Å². The molecule has 1 unspecified atom stereocenters. The molecule has 0 radical (unpaired) electrons. The summed E-state index contributed by atoms with van der Waals surface area (Å²) in [4.78, 5) is 38.7. The highest BCUT2D eigenvalue weighted by Gasteiger charge is 2.37. The molecule has 1 N–H and O–H groups in total. The van der Waals surface area contributed by atoms with Gasteiger partial charge in [0, 0.05) is 12.3 Å². The third-order valence-electron chi connectivity index (χ3n) is 5.09. The van der Waals surface area contributed by atoms with Crippen molar-refractivity contribution in [3.05, 3.63) is 53.6 Å². The van der Waals surface area contributed by atoms with Crippen LogP contribution in [-0.2, 0) is 9.53 Å². The molecule has 30 heavy (non-hydrogen) atoms. The summed E-state index contributed by atoms with van der Waals surface area (Å²) in [6.07, 6.45) is 1.66. The number of rotatable bonds is 7. The number of imide groups is 1. The Kier molecular flexibility index (Phi) is 5.67. The highest BCUT2D eigenvalue weighted by Crippen LogP contribution is 2.27. The predicted molar refractivity (Wildman–Crippen MR) is 108 cm³/mol. The summed E-state index contributed by atoms with van der Waals surface area (Å²) >= 11 is 0. The van der Waals surface area contributed by atoms with Crippen LogP contribution < -0.4 is 14.8 Å². The molecule has 8 nitrogen and oxygen atoms in total. The molecular weight excluding hydrogens is 388 g/mol. The van der Waals surface area contributed by atoms with Gasteiger partial charge < -0.3 is 19.5 Å². The van der Waals surface area contributed by atoms with Crippen LogP contribution in [0.25, 0.3) is 0 Å². The molecular formula is C22H22N2O6. The van der Waals surface area contributed by atoms with Crippen molar-refractivity contribution < 1.29 is 28.6 Å². The van der Waals surface area contributed by atoms with Gasteiger partial charge in [-0.15, -0.1) is 0 Å². The largest absolute Gasteiger partial charge is 0.497 e. The molecule has 3 amide bonds. The Morgan fingerprint density at radius 1 is 1.10 bits per heavy atom. The maximum absolute atomic E-state index is 12.7. The number of carbonyl (C=O) groups is 3. The zero-order valence-corrected chi connectivity index (χ0v) is 16.6. The summed E-state index contributed by atoms with van der Waals surface area (Å²) in [6, 6.07) is 11.6. The number of carbonyl (C=O) groups excluding carboxylic acids is 3. The molecule has 2 aromatic rings. The first-order valence-electron chi connectivity index (χ1n) is 9.73. The number of nitrogens with zero attached hydrogens (tertiary/aromatic N) is 1. The van der Waals surface area contributed by atoms with Crippen LogP contribution in [-0.4, -0.2) is 55.6 Å². The highest BCUT2D eigenvalue weighted by atomic mass is 16.5. The van der Waals surface area contributed by atoms with Gasteiger partial charge in [-0.05, 0) is 55.3 Å². The van der Waals surface area contributed by atoms with Gasteiger partial charge in [0.2, 0.25) is 0 Å². The van der Waals surface area contributed by atoms with Crippen LogP contribution in [0.1, 0.15) is 33.6 Å². The SMILES string of the molecule is COc1ccc(OCC(=O)Nc2ccc3c(c2)C(=O)N(CC2CCCO2)C3=O)cc1. The van der Waals surface area contributed by atoms with Crippen LogP contribution in [0.2, 0.25) is 0 Å². The molecule has 1 saturated heterocycles. The fourth-order valence-corrected chi connectivity index (χ4v) is 3.54. The lowest BCUT2D eigenvalue weighted by atomic mass is 10.1. The molecule has 156 valence electrons. The van der Waals surface area contributed by atoms with Crippen LogP contribution in [0.5, 0.6) is 11.5 Å². The van der Waals surface area contributed by atoms with Crippen LogP contribution in [0.15, 0.2) is 42.5 Å². The van der Waals surface area contributed by atoms with Gasteiger partial charge >= 0.3 is 0 Å². The lowest BCUT2D eigenvalue weighted by Gasteiger charge is -2.17. The maximum atomic E-state index is 12.7. The molecule has 1 atom stereocenters. The first kappa shape index (κ1) is 19.9. The molecule has 0 bridgehead atoms. The maximum Gasteiger partial charge on any atom is 0.262 e. The summed E-state index contributed by atoms with van der Waals surface area (Å²) in [5, 5.41) is 2.69. The summed E-state index contributed by atoms with van der Waals surface area (Å²) in [6.45, 7) is 0.716. The molecule has 2 aromatic carbocycles. The predicted octanol–water partition coefficient (Wildman–Crippen LogP) is 2.49. The molecule has 0 spiro atoms. The Morgan fingerprint density at radius 2 is 1.83 bits per heavy atom. The van der Waals surface area contributed by atoms with Gasteiger partial charge in [0.25, 0.3) is 17.7 Å². The van der Waals surface area contributed by atoms with Crippen molar-refractivity contribution >= 4 is 23.4 Å². The third kappa shape index (κ3) is 4.13. The minimum Gasteiger partial charge on any atom is -0.497 e. The highest BCUT2D eigenvalue weighted by molar-refractivity contribution is 6.21. The van der Waals surface area contributed by atoms with Crippen molar-refractivity contribution in [3.63, 3.8) is 0 Å². The first-order chi connectivity index (χ1) is 14.5. The Morgan fingerprint density at radius 3 is 2.53 bits per heavy atom. The average Bonchev–Trinajstić information content (AvgIpc) is 3.36. The van der Waals surface area contributed by atoms with E-state index < -0.39 is 0 Å². The number of fused-ring (bicyclic) bond motifs is 1. The van der Waals surface area contributed by atoms with Gasteiger partial charge in [0.15, 0.2) is 6.61 Å². The minimum atomic E-state index is -0.376. The standard InChI is InChI=1S/C22H22N2O6/c1-28-15-5-7-16(8-6-15)30-13-20(25)23-14-4-9-18-19(11-14)22(27)24(21(18)26)12-17-3-2-10-29-17/h4-9,11,17H,2-3,10,12-13H2,1H3,(H,23,25). The van der Waals surface area contributed by atoms with Gasteiger partial charge in [-0.1, -0.05) is 0 Å². The van der Waals surface area contributed by atoms with Crippen LogP contribution >= 0.6 is 0 Å². The molecule has 8 heteroatoms. The second kappa shape index (κ2) is 8.54. The molecule has 0 saturated carbocycles. The van der Waals surface area contributed by atoms with Crippen molar-refractivity contribution in [2.75, 3.05) is 32.2 Å². The van der Waals surface area contributed by atoms with Crippen molar-refractivity contribution in [1.29, 1.82) is 0 Å². The topological polar surface area (TPSA) is 94.2 Å². The number of ether oxygens (including phenoxy) is 3. The van der Waals surface area contributed by atoms with Crippen LogP contribution in [0.4, 0.5) is 5.69 Å². The van der Waals surface area contributed by atoms with E-state index >= 15 is 0 Å². The fraction of sp³-hybridized carbons (Fsp3) is 0.318. The lowest BCUT2D eigenvalue weighted by molar-refractivity contribution is -0.118. The molecule has 2 aliphatic rings. The van der Waals surface area contributed by atoms with Gasteiger partial charge in [0.1, 0.15) is 11.5 Å². The van der Waals surface area contributed by atoms with Crippen molar-refractivity contribution in [2.24, 2.45) is 0 Å². The second-order valence-electron chi connectivity index (χ2n) is 7.13. The summed E-state index contributed by atoms with van der Waals surface area (Å²) in [7, 11) is 1.57. The first-order valence-corrected chi connectivity index (χ1v) is 9.73. The number of nitrogens with one attached hydrogen (secondary N) is 1. The molecule has 2 heterocycles. The quantitative estimate of drug-likeness (QED) is 0.705. The third-order valence-corrected chi connectivity index (χ3v) is 5.09. The number of hydrogen-bond donors (Lipinski definition) is 1. The normalized spacial score (nSPS) is 17.8. The van der Waals surface area contributed by atoms with E-state index in [0.29, 0.717) is 29.4 Å². The average molecular weight is 410 g/mol. The van der Waals surface area contributed by atoms with E-state index in [4.69, 9.17) is 14.2 Å². The zero-order chi connectivity index (χ0) is 21.1.